The van der Waals surface area contributed by atoms with E-state index in [1.54, 1.807) is 6.07 Å². The lowest BCUT2D eigenvalue weighted by atomic mass is 10.2. The van der Waals surface area contributed by atoms with Gasteiger partial charge in [-0.15, -0.1) is 23.7 Å². The molecule has 2 saturated heterocycles. The van der Waals surface area contributed by atoms with Crippen LogP contribution in [0, 0.1) is 6.92 Å². The minimum atomic E-state index is -0.190. The first-order chi connectivity index (χ1) is 16.5. The van der Waals surface area contributed by atoms with Gasteiger partial charge in [0.25, 0.3) is 17.7 Å². The number of thiophene rings is 1. The number of likely N-dealkylation sites (tertiary alicyclic amines) is 1. The van der Waals surface area contributed by atoms with Crippen molar-refractivity contribution in [1.29, 1.82) is 0 Å². The number of carbonyl (C=O) groups excluding carboxylic acids is 3. The van der Waals surface area contributed by atoms with Gasteiger partial charge in [-0.2, -0.15) is 0 Å². The van der Waals surface area contributed by atoms with Crippen LogP contribution in [0.3, 0.4) is 0 Å². The van der Waals surface area contributed by atoms with Crippen LogP contribution >= 0.6 is 23.7 Å². The Bertz CT molecular complexity index is 1000. The van der Waals surface area contributed by atoms with Crippen molar-refractivity contribution in [3.8, 4) is 0 Å². The third kappa shape index (κ3) is 7.66. The summed E-state index contributed by atoms with van der Waals surface area (Å²) in [5.74, 6) is -0.0372. The van der Waals surface area contributed by atoms with Gasteiger partial charge < -0.3 is 42.3 Å². The van der Waals surface area contributed by atoms with E-state index in [2.05, 4.69) is 21.1 Å². The van der Waals surface area contributed by atoms with Crippen LogP contribution in [0.4, 0.5) is 11.5 Å². The summed E-state index contributed by atoms with van der Waals surface area (Å²) < 4.78 is 5.18. The number of hydrogen-bond acceptors (Lipinski definition) is 7. The number of amides is 3. The van der Waals surface area contributed by atoms with E-state index >= 15 is 0 Å². The van der Waals surface area contributed by atoms with Crippen LogP contribution in [0.25, 0.3) is 0 Å². The Morgan fingerprint density at radius 1 is 1.08 bits per heavy atom. The number of quaternary nitrogens is 1. The highest BCUT2D eigenvalue weighted by atomic mass is 35.5. The first-order valence-corrected chi connectivity index (χ1v) is 12.8. The molecule has 2 fully saturated rings. The van der Waals surface area contributed by atoms with E-state index in [0.717, 1.165) is 57.4 Å². The Labute approximate surface area is 227 Å². The van der Waals surface area contributed by atoms with E-state index in [9.17, 15) is 14.4 Å². The summed E-state index contributed by atoms with van der Waals surface area (Å²) in [6.07, 6.45) is 5.53. The summed E-state index contributed by atoms with van der Waals surface area (Å²) in [6.45, 7) is 6.65. The first kappa shape index (κ1) is 30.0. The van der Waals surface area contributed by atoms with Crippen LogP contribution in [0.2, 0.25) is 0 Å². The van der Waals surface area contributed by atoms with Crippen LogP contribution in [0.15, 0.2) is 22.2 Å². The molecular weight excluding hydrogens is 527 g/mol. The molecule has 0 atom stereocenters. The van der Waals surface area contributed by atoms with Crippen LogP contribution in [0.1, 0.15) is 40.9 Å². The van der Waals surface area contributed by atoms with Crippen molar-refractivity contribution in [2.45, 2.75) is 32.6 Å². The third-order valence-corrected chi connectivity index (χ3v) is 7.60. The molecule has 0 spiro atoms. The number of anilines is 2. The number of nitrogens with zero attached hydrogens (tertiary/aromatic N) is 3. The van der Waals surface area contributed by atoms with Gasteiger partial charge in [0.1, 0.15) is 11.1 Å². The van der Waals surface area contributed by atoms with Gasteiger partial charge in [0, 0.05) is 32.2 Å². The molecule has 2 aliphatic rings. The van der Waals surface area contributed by atoms with Gasteiger partial charge in [-0.1, -0.05) is 5.16 Å². The predicted octanol–water partition coefficient (Wildman–Crippen LogP) is -0.516. The number of aryl methyl sites for hydroxylation is 1. The number of aromatic nitrogens is 1. The highest BCUT2D eigenvalue weighted by Gasteiger charge is 2.35. The monoisotopic (exact) mass is 560 g/mol. The van der Waals surface area contributed by atoms with E-state index in [4.69, 9.17) is 4.52 Å². The molecule has 13 heteroatoms. The first-order valence-electron chi connectivity index (χ1n) is 11.9. The number of halogens is 2. The number of carbonyl (C=O) groups is 3. The lowest BCUT2D eigenvalue weighted by molar-refractivity contribution is -0.912. The molecule has 200 valence electrons. The summed E-state index contributed by atoms with van der Waals surface area (Å²) in [5.41, 5.74) is 1.47. The van der Waals surface area contributed by atoms with E-state index in [1.807, 2.05) is 17.2 Å². The van der Waals surface area contributed by atoms with Gasteiger partial charge in [-0.05, 0) is 43.6 Å². The zero-order valence-electron chi connectivity index (χ0n) is 20.4. The Morgan fingerprint density at radius 2 is 1.72 bits per heavy atom. The van der Waals surface area contributed by atoms with Gasteiger partial charge in [0.15, 0.2) is 18.9 Å². The molecule has 0 bridgehead atoms. The molecule has 3 N–H and O–H groups in total. The van der Waals surface area contributed by atoms with Crippen molar-refractivity contribution in [2.75, 3.05) is 63.0 Å². The molecule has 0 aromatic carbocycles. The largest absolute Gasteiger partial charge is 1.00 e. The highest BCUT2D eigenvalue weighted by molar-refractivity contribution is 7.13. The molecule has 2 aromatic heterocycles. The number of nitrogens with one attached hydrogen (secondary N) is 3. The van der Waals surface area contributed by atoms with E-state index in [-0.39, 0.29) is 55.6 Å². The topological polar surface area (TPSA) is 117 Å². The minimum Gasteiger partial charge on any atom is -1.00 e. The lowest BCUT2D eigenvalue weighted by Gasteiger charge is -2.36. The van der Waals surface area contributed by atoms with Crippen molar-refractivity contribution < 1.29 is 35.8 Å². The summed E-state index contributed by atoms with van der Waals surface area (Å²) in [6, 6.07) is 1.59. The van der Waals surface area contributed by atoms with Gasteiger partial charge in [-0.25, -0.2) is 0 Å². The molecule has 0 unspecified atom stereocenters. The fourth-order valence-electron chi connectivity index (χ4n) is 4.75. The smallest absolute Gasteiger partial charge is 0.280 e. The predicted molar refractivity (Wildman–Crippen MR) is 137 cm³/mol. The average Bonchev–Trinajstić information content (AvgIpc) is 3.39. The molecule has 0 aliphatic carbocycles. The van der Waals surface area contributed by atoms with E-state index < -0.39 is 0 Å². The Kier molecular flexibility index (Phi) is 11.6. The summed E-state index contributed by atoms with van der Waals surface area (Å²) in [5, 5.41) is 14.7. The maximum Gasteiger partial charge on any atom is 0.280 e. The maximum absolute atomic E-state index is 13.3. The SMILES string of the molecule is Cc1csc(C(=O)N2CCNCC2)c1NC(=O)C[N+]1(CC(=O)Nc2ccon2)CCCCCC1.Cl.[Cl-]. The van der Waals surface area contributed by atoms with Crippen molar-refractivity contribution in [3.63, 3.8) is 0 Å². The number of hydrogen-bond donors (Lipinski definition) is 3. The van der Waals surface area contributed by atoms with Gasteiger partial charge in [-0.3, -0.25) is 14.4 Å². The van der Waals surface area contributed by atoms with Crippen LogP contribution in [-0.2, 0) is 9.59 Å². The molecule has 2 aliphatic heterocycles. The molecule has 10 nitrogen and oxygen atoms in total. The Hall–Kier alpha value is -2.18. The molecule has 2 aromatic rings. The van der Waals surface area contributed by atoms with E-state index in [1.165, 1.54) is 17.6 Å². The summed E-state index contributed by atoms with van der Waals surface area (Å²) in [7, 11) is 0. The highest BCUT2D eigenvalue weighted by Crippen LogP contribution is 2.29. The van der Waals surface area contributed by atoms with E-state index in [0.29, 0.717) is 34.0 Å². The molecule has 4 heterocycles. The second-order valence-electron chi connectivity index (χ2n) is 9.17. The van der Waals surface area contributed by atoms with Crippen molar-refractivity contribution in [2.24, 2.45) is 0 Å². The van der Waals surface area contributed by atoms with Gasteiger partial charge >= 0.3 is 0 Å². The lowest BCUT2D eigenvalue weighted by Crippen LogP contribution is -3.00. The Balaban J connectivity index is 0.00000228. The van der Waals surface area contributed by atoms with Crippen LogP contribution in [-0.4, -0.2) is 84.6 Å². The fourth-order valence-corrected chi connectivity index (χ4v) is 5.72. The fraction of sp³-hybridized carbons (Fsp3) is 0.565. The number of rotatable bonds is 7. The Morgan fingerprint density at radius 3 is 2.33 bits per heavy atom. The van der Waals surface area contributed by atoms with Gasteiger partial charge in [0.2, 0.25) is 0 Å². The summed E-state index contributed by atoms with van der Waals surface area (Å²) >= 11 is 1.37. The summed E-state index contributed by atoms with van der Waals surface area (Å²) in [4.78, 5) is 41.5. The van der Waals surface area contributed by atoms with Crippen molar-refractivity contribution in [3.05, 3.63) is 28.2 Å². The standard InChI is InChI=1S/C23H32N6O4S.2ClH/c1-17-16-34-22(23(32)28-9-7-24-8-10-28)21(17)26-20(31)15-29(11-4-2-3-5-12-29)14-19(30)25-18-6-13-33-27-18;;/h6,13,16,24H,2-5,7-12,14-15H2,1H3,(H-,25,26,27,30,31,32);2*1H. The third-order valence-electron chi connectivity index (χ3n) is 6.52. The molecule has 3 amide bonds. The average molecular weight is 562 g/mol. The van der Waals surface area contributed by atoms with Crippen LogP contribution < -0.4 is 28.4 Å². The quantitative estimate of drug-likeness (QED) is 0.392. The zero-order chi connectivity index (χ0) is 24.0. The second-order valence-corrected chi connectivity index (χ2v) is 10.0. The minimum absolute atomic E-state index is 0. The van der Waals surface area contributed by atoms with Gasteiger partial charge in [0.05, 0.1) is 18.8 Å². The molecule has 36 heavy (non-hydrogen) atoms. The zero-order valence-corrected chi connectivity index (χ0v) is 22.8. The molecule has 4 rings (SSSR count). The molecule has 0 radical (unpaired) electrons. The maximum atomic E-state index is 13.3. The van der Waals surface area contributed by atoms with Crippen molar-refractivity contribution >= 4 is 53.0 Å². The molecular formula is C23H34Cl2N6O4S. The number of piperazine rings is 1. The van der Waals surface area contributed by atoms with Crippen molar-refractivity contribution in [1.82, 2.24) is 15.4 Å². The molecule has 0 saturated carbocycles. The van der Waals surface area contributed by atoms with Crippen LogP contribution in [0.5, 0.6) is 0 Å². The second kappa shape index (κ2) is 13.9. The normalized spacial score (nSPS) is 17.2.